The van der Waals surface area contributed by atoms with Gasteiger partial charge < -0.3 is 9.47 Å². The minimum Gasteiger partial charge on any atom is -0.497 e. The molecule has 0 bridgehead atoms. The van der Waals surface area contributed by atoms with Crippen LogP contribution in [0.3, 0.4) is 0 Å². The maximum atomic E-state index is 11.6. The molecule has 1 aromatic rings. The van der Waals surface area contributed by atoms with Crippen LogP contribution in [0.25, 0.3) is 0 Å². The Morgan fingerprint density at radius 2 is 2.18 bits per heavy atom. The summed E-state index contributed by atoms with van der Waals surface area (Å²) in [5.41, 5.74) is 0.641. The predicted molar refractivity (Wildman–Crippen MR) is 60.8 cm³/mol. The molecular formula is C12H12N2O3. The number of benzene rings is 1. The summed E-state index contributed by atoms with van der Waals surface area (Å²) in [5, 5.41) is 9.02. The van der Waals surface area contributed by atoms with Gasteiger partial charge in [0.15, 0.2) is 0 Å². The lowest BCUT2D eigenvalue weighted by Gasteiger charge is -2.30. The van der Waals surface area contributed by atoms with Gasteiger partial charge in [-0.1, -0.05) is 0 Å². The molecule has 0 radical (unpaired) electrons. The lowest BCUT2D eigenvalue weighted by molar-refractivity contribution is 0.134. The molecule has 88 valence electrons. The number of ether oxygens (including phenoxy) is 2. The number of amides is 1. The van der Waals surface area contributed by atoms with E-state index in [0.717, 1.165) is 0 Å². The quantitative estimate of drug-likeness (QED) is 0.781. The maximum absolute atomic E-state index is 11.6. The van der Waals surface area contributed by atoms with Crippen molar-refractivity contribution in [3.8, 4) is 11.8 Å². The molecule has 1 unspecified atom stereocenters. The van der Waals surface area contributed by atoms with E-state index in [9.17, 15) is 4.79 Å². The molecule has 5 nitrogen and oxygen atoms in total. The Kier molecular flexibility index (Phi) is 3.15. The minimum absolute atomic E-state index is 0.295. The summed E-state index contributed by atoms with van der Waals surface area (Å²) < 4.78 is 9.97. The molecular weight excluding hydrogens is 220 g/mol. The molecule has 2 rings (SSSR count). The van der Waals surface area contributed by atoms with E-state index in [1.165, 1.54) is 4.90 Å². The van der Waals surface area contributed by atoms with E-state index in [-0.39, 0.29) is 0 Å². The second-order valence-corrected chi connectivity index (χ2v) is 3.62. The van der Waals surface area contributed by atoms with Crippen molar-refractivity contribution in [3.05, 3.63) is 24.3 Å². The van der Waals surface area contributed by atoms with E-state index in [0.29, 0.717) is 24.5 Å². The number of nitrogens with zero attached hydrogens (tertiary/aromatic N) is 2. The first-order valence-corrected chi connectivity index (χ1v) is 5.26. The molecule has 1 aliphatic heterocycles. The topological polar surface area (TPSA) is 62.6 Å². The third kappa shape index (κ3) is 2.16. The first-order chi connectivity index (χ1) is 8.26. The van der Waals surface area contributed by atoms with Gasteiger partial charge >= 0.3 is 6.09 Å². The van der Waals surface area contributed by atoms with Crippen LogP contribution in [0.5, 0.6) is 5.75 Å². The zero-order chi connectivity index (χ0) is 12.3. The van der Waals surface area contributed by atoms with Crippen LogP contribution in [0, 0.1) is 11.3 Å². The Hall–Kier alpha value is -2.22. The van der Waals surface area contributed by atoms with Crippen LogP contribution >= 0.6 is 0 Å². The van der Waals surface area contributed by atoms with Crippen molar-refractivity contribution in [2.75, 3.05) is 18.6 Å². The van der Waals surface area contributed by atoms with E-state index in [4.69, 9.17) is 14.7 Å². The van der Waals surface area contributed by atoms with E-state index in [1.807, 2.05) is 0 Å². The highest BCUT2D eigenvalue weighted by Gasteiger charge is 2.30. The molecule has 1 saturated heterocycles. The fraction of sp³-hybridized carbons (Fsp3) is 0.333. The fourth-order valence-corrected chi connectivity index (χ4v) is 1.73. The third-order valence-corrected chi connectivity index (χ3v) is 2.62. The number of nitriles is 1. The van der Waals surface area contributed by atoms with E-state index < -0.39 is 12.1 Å². The number of cyclic esters (lactones) is 1. The number of hydrogen-bond acceptors (Lipinski definition) is 4. The Morgan fingerprint density at radius 1 is 1.47 bits per heavy atom. The Labute approximate surface area is 99.2 Å². The van der Waals surface area contributed by atoms with Crippen LogP contribution in [-0.2, 0) is 4.74 Å². The zero-order valence-corrected chi connectivity index (χ0v) is 9.42. The summed E-state index contributed by atoms with van der Waals surface area (Å²) in [6.45, 7) is 0.295. The van der Waals surface area contributed by atoms with Gasteiger partial charge in [0.05, 0.1) is 19.8 Å². The first kappa shape index (κ1) is 11.3. The van der Waals surface area contributed by atoms with Gasteiger partial charge in [0.2, 0.25) is 0 Å². The maximum Gasteiger partial charge on any atom is 0.415 e. The second kappa shape index (κ2) is 4.74. The van der Waals surface area contributed by atoms with Crippen molar-refractivity contribution < 1.29 is 14.3 Å². The monoisotopic (exact) mass is 232 g/mol. The molecule has 0 spiro atoms. The van der Waals surface area contributed by atoms with Crippen LogP contribution in [0.2, 0.25) is 0 Å². The summed E-state index contributed by atoms with van der Waals surface area (Å²) in [5.74, 6) is 0.702. The van der Waals surface area contributed by atoms with Gasteiger partial charge in [-0.2, -0.15) is 5.26 Å². The number of anilines is 1. The molecule has 1 aromatic carbocycles. The van der Waals surface area contributed by atoms with Gasteiger partial charge in [0.1, 0.15) is 11.8 Å². The first-order valence-electron chi connectivity index (χ1n) is 5.26. The van der Waals surface area contributed by atoms with Crippen LogP contribution < -0.4 is 9.64 Å². The molecule has 0 N–H and O–H groups in total. The molecule has 5 heteroatoms. The number of methoxy groups -OCH3 is 1. The summed E-state index contributed by atoms with van der Waals surface area (Å²) in [6.07, 6.45) is 0.0434. The number of carbonyl (C=O) groups is 1. The predicted octanol–water partition coefficient (Wildman–Crippen LogP) is 1.93. The van der Waals surface area contributed by atoms with Crippen LogP contribution in [-0.4, -0.2) is 25.9 Å². The van der Waals surface area contributed by atoms with Crippen molar-refractivity contribution in [1.82, 2.24) is 0 Å². The lowest BCUT2D eigenvalue weighted by atomic mass is 10.1. The average molecular weight is 232 g/mol. The van der Waals surface area contributed by atoms with Crippen molar-refractivity contribution in [2.45, 2.75) is 12.5 Å². The van der Waals surface area contributed by atoms with E-state index in [1.54, 1.807) is 31.4 Å². The third-order valence-electron chi connectivity index (χ3n) is 2.62. The van der Waals surface area contributed by atoms with E-state index in [2.05, 4.69) is 6.07 Å². The summed E-state index contributed by atoms with van der Waals surface area (Å²) in [6, 6.07) is 8.58. The molecule has 1 atom stereocenters. The number of rotatable bonds is 2. The molecule has 1 fully saturated rings. The molecule has 0 aromatic heterocycles. The summed E-state index contributed by atoms with van der Waals surface area (Å²) in [7, 11) is 1.57. The largest absolute Gasteiger partial charge is 0.497 e. The summed E-state index contributed by atoms with van der Waals surface area (Å²) in [4.78, 5) is 13.0. The Balaban J connectivity index is 2.29. The lowest BCUT2D eigenvalue weighted by Crippen LogP contribution is -2.45. The van der Waals surface area contributed by atoms with Crippen molar-refractivity contribution in [2.24, 2.45) is 0 Å². The summed E-state index contributed by atoms with van der Waals surface area (Å²) >= 11 is 0. The minimum atomic E-state index is -0.479. The molecule has 0 saturated carbocycles. The number of carbonyl (C=O) groups excluding carboxylic acids is 1. The molecule has 17 heavy (non-hydrogen) atoms. The van der Waals surface area contributed by atoms with Crippen molar-refractivity contribution in [1.29, 1.82) is 5.26 Å². The van der Waals surface area contributed by atoms with Crippen LogP contribution in [0.15, 0.2) is 24.3 Å². The molecule has 1 aliphatic rings. The highest BCUT2D eigenvalue weighted by molar-refractivity contribution is 5.89. The average Bonchev–Trinajstić information content (AvgIpc) is 2.38. The van der Waals surface area contributed by atoms with Gasteiger partial charge in [0, 0.05) is 12.1 Å². The molecule has 1 heterocycles. The van der Waals surface area contributed by atoms with Gasteiger partial charge in [-0.3, -0.25) is 4.90 Å². The normalized spacial score (nSPS) is 19.4. The van der Waals surface area contributed by atoms with Crippen LogP contribution in [0.4, 0.5) is 10.5 Å². The highest BCUT2D eigenvalue weighted by Crippen LogP contribution is 2.25. The molecule has 1 amide bonds. The van der Waals surface area contributed by atoms with Crippen LogP contribution in [0.1, 0.15) is 6.42 Å². The SMILES string of the molecule is COc1ccc(N2C(=O)OCCC2C#N)cc1. The smallest absolute Gasteiger partial charge is 0.415 e. The fourth-order valence-electron chi connectivity index (χ4n) is 1.73. The van der Waals surface area contributed by atoms with Gasteiger partial charge in [-0.05, 0) is 24.3 Å². The standard InChI is InChI=1S/C12H12N2O3/c1-16-11-4-2-9(3-5-11)14-10(8-13)6-7-17-12(14)15/h2-5,10H,6-7H2,1H3. The zero-order valence-electron chi connectivity index (χ0n) is 9.42. The van der Waals surface area contributed by atoms with Crippen molar-refractivity contribution in [3.63, 3.8) is 0 Å². The second-order valence-electron chi connectivity index (χ2n) is 3.62. The van der Waals surface area contributed by atoms with Crippen molar-refractivity contribution >= 4 is 11.8 Å². The Morgan fingerprint density at radius 3 is 2.76 bits per heavy atom. The van der Waals surface area contributed by atoms with Gasteiger partial charge in [-0.15, -0.1) is 0 Å². The van der Waals surface area contributed by atoms with E-state index >= 15 is 0 Å². The Bertz CT molecular complexity index is 450. The number of hydrogen-bond donors (Lipinski definition) is 0. The molecule has 0 aliphatic carbocycles. The van der Waals surface area contributed by atoms with Gasteiger partial charge in [-0.25, -0.2) is 4.79 Å². The van der Waals surface area contributed by atoms with Gasteiger partial charge in [0.25, 0.3) is 0 Å². The highest BCUT2D eigenvalue weighted by atomic mass is 16.6.